The molecule has 0 unspecified atom stereocenters. The van der Waals surface area contributed by atoms with Crippen molar-refractivity contribution in [2.75, 3.05) is 45.7 Å². The second-order valence-corrected chi connectivity index (χ2v) is 10.3. The van der Waals surface area contributed by atoms with E-state index in [-0.39, 0.29) is 23.5 Å². The van der Waals surface area contributed by atoms with Gasteiger partial charge in [0.05, 0.1) is 19.0 Å². The quantitative estimate of drug-likeness (QED) is 0.246. The van der Waals surface area contributed by atoms with Gasteiger partial charge in [-0.25, -0.2) is 14.4 Å². The van der Waals surface area contributed by atoms with Crippen LogP contribution in [0.4, 0.5) is 15.9 Å². The van der Waals surface area contributed by atoms with Crippen molar-refractivity contribution in [1.29, 1.82) is 0 Å². The van der Waals surface area contributed by atoms with Crippen molar-refractivity contribution in [1.82, 2.24) is 29.9 Å². The minimum atomic E-state index is -0.450. The molecule has 2 amide bonds. The fraction of sp³-hybridized carbons (Fsp3) is 0.355. The number of imidazole rings is 1. The Balaban J connectivity index is 1.30. The molecule has 0 aliphatic carbocycles. The van der Waals surface area contributed by atoms with Crippen LogP contribution >= 0.6 is 0 Å². The van der Waals surface area contributed by atoms with E-state index in [4.69, 9.17) is 4.74 Å². The van der Waals surface area contributed by atoms with Gasteiger partial charge in [0.15, 0.2) is 23.0 Å². The number of halogens is 1. The minimum absolute atomic E-state index is 0.0164. The molecule has 3 heterocycles. The van der Waals surface area contributed by atoms with Crippen LogP contribution in [0.1, 0.15) is 35.7 Å². The van der Waals surface area contributed by atoms with E-state index in [0.29, 0.717) is 67.2 Å². The minimum Gasteiger partial charge on any atom is -0.494 e. The molecule has 0 atom stereocenters. The highest BCUT2D eigenvalue weighted by Crippen LogP contribution is 2.29. The Morgan fingerprint density at radius 1 is 1.10 bits per heavy atom. The second-order valence-electron chi connectivity index (χ2n) is 10.3. The lowest BCUT2D eigenvalue weighted by Gasteiger charge is -2.32. The van der Waals surface area contributed by atoms with E-state index in [1.54, 1.807) is 30.7 Å². The van der Waals surface area contributed by atoms with E-state index in [9.17, 15) is 14.0 Å². The predicted octanol–water partition coefficient (Wildman–Crippen LogP) is 4.04. The number of nitrogens with one attached hydrogen (secondary N) is 3. The summed E-state index contributed by atoms with van der Waals surface area (Å²) in [6, 6.07) is 10.5. The lowest BCUT2D eigenvalue weighted by atomic mass is 9.94. The fourth-order valence-electron chi connectivity index (χ4n) is 5.33. The van der Waals surface area contributed by atoms with Crippen LogP contribution in [0, 0.1) is 11.7 Å². The average Bonchev–Trinajstić information content (AvgIpc) is 3.46. The molecule has 0 saturated carbocycles. The molecule has 2 aromatic heterocycles. The summed E-state index contributed by atoms with van der Waals surface area (Å²) in [4.78, 5) is 36.7. The number of aromatic nitrogens is 3. The number of hydrogen-bond donors (Lipinski definition) is 3. The van der Waals surface area contributed by atoms with Gasteiger partial charge in [-0.15, -0.1) is 0 Å². The van der Waals surface area contributed by atoms with Crippen molar-refractivity contribution in [3.05, 3.63) is 71.9 Å². The lowest BCUT2D eigenvalue weighted by molar-refractivity contribution is -0.126. The molecule has 11 heteroatoms. The SMILES string of the molecule is CCc1cc(Nc2nccn3c(-c4ccc(OC)c(F)c4)cnc23)ccc1C(=O)N1CCC(C(=O)NCCNC)CC1. The summed E-state index contributed by atoms with van der Waals surface area (Å²) in [6.07, 6.45) is 7.10. The number of nitrogens with zero attached hydrogens (tertiary/aromatic N) is 4. The van der Waals surface area contributed by atoms with Crippen LogP contribution in [0.2, 0.25) is 0 Å². The standard InChI is InChI=1S/C31H36FN7O3/c1-4-20-17-23(6-7-24(20)31(41)38-14-9-21(10-15-38)30(40)35-12-11-33-2)37-28-29-36-19-26(39(29)16-13-34-28)22-5-8-27(42-3)25(32)18-22/h5-8,13,16-19,21,33H,4,9-12,14-15H2,1-3H3,(H,34,37)(H,35,40). The molecular formula is C31H36FN7O3. The van der Waals surface area contributed by atoms with Crippen molar-refractivity contribution in [2.45, 2.75) is 26.2 Å². The number of hydrogen-bond acceptors (Lipinski definition) is 7. The van der Waals surface area contributed by atoms with Crippen molar-refractivity contribution < 1.29 is 18.7 Å². The first-order chi connectivity index (χ1) is 20.4. The first kappa shape index (κ1) is 29.0. The number of rotatable bonds is 10. The average molecular weight is 574 g/mol. The number of methoxy groups -OCH3 is 1. The number of likely N-dealkylation sites (tertiary alicyclic amines) is 1. The molecule has 1 aliphatic rings. The van der Waals surface area contributed by atoms with Gasteiger partial charge in [-0.05, 0) is 68.3 Å². The molecule has 0 spiro atoms. The molecule has 2 aromatic carbocycles. The van der Waals surface area contributed by atoms with E-state index < -0.39 is 5.82 Å². The monoisotopic (exact) mass is 573 g/mol. The highest BCUT2D eigenvalue weighted by Gasteiger charge is 2.28. The largest absolute Gasteiger partial charge is 0.494 e. The van der Waals surface area contributed by atoms with Crippen molar-refractivity contribution in [3.8, 4) is 17.0 Å². The molecule has 220 valence electrons. The van der Waals surface area contributed by atoms with Gasteiger partial charge in [0.2, 0.25) is 5.91 Å². The summed E-state index contributed by atoms with van der Waals surface area (Å²) in [5, 5.41) is 9.32. The zero-order valence-corrected chi connectivity index (χ0v) is 24.1. The molecule has 1 aliphatic heterocycles. The Morgan fingerprint density at radius 3 is 2.62 bits per heavy atom. The Kier molecular flexibility index (Phi) is 8.97. The number of anilines is 2. The van der Waals surface area contributed by atoms with Crippen LogP contribution in [0.15, 0.2) is 55.0 Å². The number of benzene rings is 2. The van der Waals surface area contributed by atoms with Crippen molar-refractivity contribution in [2.24, 2.45) is 5.92 Å². The number of fused-ring (bicyclic) bond motifs is 1. The maximum atomic E-state index is 14.4. The molecule has 42 heavy (non-hydrogen) atoms. The number of likely N-dealkylation sites (N-methyl/N-ethyl adjacent to an activating group) is 1. The van der Waals surface area contributed by atoms with Gasteiger partial charge in [0.1, 0.15) is 0 Å². The van der Waals surface area contributed by atoms with Gasteiger partial charge >= 0.3 is 0 Å². The summed E-state index contributed by atoms with van der Waals surface area (Å²) in [6.45, 7) is 4.46. The Labute approximate surface area is 244 Å². The molecular weight excluding hydrogens is 537 g/mol. The molecule has 1 fully saturated rings. The van der Waals surface area contributed by atoms with Crippen LogP contribution in [0.25, 0.3) is 16.9 Å². The number of ether oxygens (including phenoxy) is 1. The zero-order chi connectivity index (χ0) is 29.6. The number of piperidine rings is 1. The van der Waals surface area contributed by atoms with E-state index in [1.165, 1.54) is 13.2 Å². The van der Waals surface area contributed by atoms with Gasteiger partial charge in [0, 0.05) is 61.3 Å². The van der Waals surface area contributed by atoms with E-state index >= 15 is 0 Å². The van der Waals surface area contributed by atoms with Crippen molar-refractivity contribution >= 4 is 29.0 Å². The van der Waals surface area contributed by atoms with Gasteiger partial charge < -0.3 is 25.6 Å². The van der Waals surface area contributed by atoms with Gasteiger partial charge in [-0.3, -0.25) is 14.0 Å². The topological polar surface area (TPSA) is 113 Å². The third kappa shape index (κ3) is 6.06. The smallest absolute Gasteiger partial charge is 0.254 e. The highest BCUT2D eigenvalue weighted by atomic mass is 19.1. The summed E-state index contributed by atoms with van der Waals surface area (Å²) in [7, 11) is 3.28. The first-order valence-electron chi connectivity index (χ1n) is 14.2. The van der Waals surface area contributed by atoms with Crippen molar-refractivity contribution in [3.63, 3.8) is 0 Å². The summed E-state index contributed by atoms with van der Waals surface area (Å²) in [5.74, 6) is 0.245. The molecule has 5 rings (SSSR count). The summed E-state index contributed by atoms with van der Waals surface area (Å²) >= 11 is 0. The van der Waals surface area contributed by atoms with Gasteiger partial charge in [-0.2, -0.15) is 0 Å². The van der Waals surface area contributed by atoms with E-state index in [2.05, 4.69) is 25.9 Å². The number of carbonyl (C=O) groups is 2. The normalized spacial score (nSPS) is 13.8. The molecule has 0 radical (unpaired) electrons. The maximum Gasteiger partial charge on any atom is 0.254 e. The van der Waals surface area contributed by atoms with Crippen LogP contribution in [0.5, 0.6) is 5.75 Å². The highest BCUT2D eigenvalue weighted by molar-refractivity contribution is 5.96. The van der Waals surface area contributed by atoms with Gasteiger partial charge in [-0.1, -0.05) is 6.92 Å². The van der Waals surface area contributed by atoms with Crippen LogP contribution in [-0.4, -0.2) is 71.4 Å². The van der Waals surface area contributed by atoms with Gasteiger partial charge in [0.25, 0.3) is 5.91 Å². The number of aryl methyl sites for hydroxylation is 1. The third-order valence-electron chi connectivity index (χ3n) is 7.68. The van der Waals surface area contributed by atoms with Crippen LogP contribution in [-0.2, 0) is 11.2 Å². The number of amides is 2. The fourth-order valence-corrected chi connectivity index (χ4v) is 5.33. The van der Waals surface area contributed by atoms with Crippen LogP contribution < -0.4 is 20.7 Å². The third-order valence-corrected chi connectivity index (χ3v) is 7.68. The Bertz CT molecular complexity index is 1580. The summed E-state index contributed by atoms with van der Waals surface area (Å²) < 4.78 is 21.2. The van der Waals surface area contributed by atoms with Crippen LogP contribution in [0.3, 0.4) is 0 Å². The molecule has 1 saturated heterocycles. The second kappa shape index (κ2) is 13.0. The number of carbonyl (C=O) groups excluding carboxylic acids is 2. The lowest BCUT2D eigenvalue weighted by Crippen LogP contribution is -2.44. The zero-order valence-electron chi connectivity index (χ0n) is 24.1. The molecule has 4 aromatic rings. The van der Waals surface area contributed by atoms with E-state index in [1.807, 2.05) is 41.5 Å². The van der Waals surface area contributed by atoms with E-state index in [0.717, 1.165) is 17.8 Å². The Hall–Kier alpha value is -4.51. The molecule has 10 nitrogen and oxygen atoms in total. The molecule has 0 bridgehead atoms. The predicted molar refractivity (Wildman–Crippen MR) is 160 cm³/mol. The Morgan fingerprint density at radius 2 is 1.90 bits per heavy atom. The maximum absolute atomic E-state index is 14.4. The first-order valence-corrected chi connectivity index (χ1v) is 14.2. The molecule has 3 N–H and O–H groups in total. The summed E-state index contributed by atoms with van der Waals surface area (Å²) in [5.41, 5.74) is 4.32.